The van der Waals surface area contributed by atoms with E-state index in [9.17, 15) is 4.79 Å². The van der Waals surface area contributed by atoms with E-state index >= 15 is 0 Å². The zero-order valence-electron chi connectivity index (χ0n) is 12.9. The maximum atomic E-state index is 12.4. The molecule has 1 aromatic carbocycles. The number of benzene rings is 1. The number of hydrogen-bond donors (Lipinski definition) is 1. The molecule has 0 saturated carbocycles. The monoisotopic (exact) mass is 356 g/mol. The first-order valence-corrected chi connectivity index (χ1v) is 9.83. The normalized spacial score (nSPS) is 15.5. The minimum absolute atomic E-state index is 0.221. The fourth-order valence-corrected chi connectivity index (χ4v) is 5.45. The molecule has 0 bridgehead atoms. The molecule has 4 rings (SSSR count). The highest BCUT2D eigenvalue weighted by Gasteiger charge is 2.17. The third-order valence-electron chi connectivity index (χ3n) is 3.71. The van der Waals surface area contributed by atoms with Crippen LogP contribution >= 0.6 is 23.5 Å². The second kappa shape index (κ2) is 6.86. The number of thioether (sulfide) groups is 2. The molecule has 5 nitrogen and oxygen atoms in total. The van der Waals surface area contributed by atoms with Crippen LogP contribution in [-0.4, -0.2) is 31.8 Å². The molecule has 0 radical (unpaired) electrons. The molecule has 0 aliphatic carbocycles. The topological polar surface area (TPSA) is 59.3 Å². The Balaban J connectivity index is 1.52. The third-order valence-corrected chi connectivity index (χ3v) is 6.73. The van der Waals surface area contributed by atoms with E-state index < -0.39 is 0 Å². The van der Waals surface area contributed by atoms with Gasteiger partial charge in [0, 0.05) is 24.3 Å². The molecule has 7 heteroatoms. The van der Waals surface area contributed by atoms with Gasteiger partial charge in [0.25, 0.3) is 5.91 Å². The molecule has 3 aromatic rings. The summed E-state index contributed by atoms with van der Waals surface area (Å²) >= 11 is 3.94. The Kier molecular flexibility index (Phi) is 4.44. The summed E-state index contributed by atoms with van der Waals surface area (Å²) in [6.45, 7) is 0. The molecule has 2 aromatic heterocycles. The summed E-state index contributed by atoms with van der Waals surface area (Å²) in [6.07, 6.45) is 6.44. The molecule has 0 unspecified atom stereocenters. The van der Waals surface area contributed by atoms with E-state index in [-0.39, 0.29) is 5.91 Å². The highest BCUT2D eigenvalue weighted by Crippen LogP contribution is 2.44. The van der Waals surface area contributed by atoms with Gasteiger partial charge in [-0.25, -0.2) is 9.97 Å². The molecule has 1 fully saturated rings. The van der Waals surface area contributed by atoms with Crippen LogP contribution in [0.4, 0.5) is 5.69 Å². The number of carbonyl (C=O) groups excluding carboxylic acids is 1. The van der Waals surface area contributed by atoms with Crippen LogP contribution in [0, 0.1) is 0 Å². The molecule has 1 amide bonds. The van der Waals surface area contributed by atoms with E-state index in [2.05, 4.69) is 27.4 Å². The standard InChI is InChI=1S/C17H16N4OS2/c22-15(14-11-21-7-2-6-18-17(21)20-14)19-13-5-1-4-12(10-13)16-23-8-3-9-24-16/h1-2,4-7,10-11,16H,3,8-9H2,(H,19,22). The predicted molar refractivity (Wildman–Crippen MR) is 99.7 cm³/mol. The van der Waals surface area contributed by atoms with E-state index in [0.29, 0.717) is 16.1 Å². The van der Waals surface area contributed by atoms with Gasteiger partial charge in [0.05, 0.1) is 4.58 Å². The van der Waals surface area contributed by atoms with Gasteiger partial charge in [0.15, 0.2) is 0 Å². The van der Waals surface area contributed by atoms with Crippen molar-refractivity contribution in [3.63, 3.8) is 0 Å². The van der Waals surface area contributed by atoms with Gasteiger partial charge in [0.1, 0.15) is 5.69 Å². The Hall–Kier alpha value is -1.99. The second-order valence-corrected chi connectivity index (χ2v) is 8.18. The Morgan fingerprint density at radius 2 is 2.12 bits per heavy atom. The number of fused-ring (bicyclic) bond motifs is 1. The smallest absolute Gasteiger partial charge is 0.275 e. The van der Waals surface area contributed by atoms with Gasteiger partial charge < -0.3 is 5.32 Å². The largest absolute Gasteiger partial charge is 0.321 e. The molecule has 24 heavy (non-hydrogen) atoms. The lowest BCUT2D eigenvalue weighted by molar-refractivity contribution is 0.102. The second-order valence-electron chi connectivity index (χ2n) is 5.46. The first-order valence-electron chi connectivity index (χ1n) is 7.74. The molecule has 1 N–H and O–H groups in total. The van der Waals surface area contributed by atoms with Gasteiger partial charge >= 0.3 is 0 Å². The van der Waals surface area contributed by atoms with Crippen molar-refractivity contribution in [3.05, 3.63) is 60.2 Å². The van der Waals surface area contributed by atoms with Crippen molar-refractivity contribution in [2.24, 2.45) is 0 Å². The van der Waals surface area contributed by atoms with Crippen LogP contribution in [0.1, 0.15) is 27.1 Å². The Bertz CT molecular complexity index is 841. The van der Waals surface area contributed by atoms with Gasteiger partial charge in [-0.2, -0.15) is 0 Å². The number of hydrogen-bond acceptors (Lipinski definition) is 5. The van der Waals surface area contributed by atoms with Crippen molar-refractivity contribution < 1.29 is 4.79 Å². The van der Waals surface area contributed by atoms with Crippen LogP contribution in [0.5, 0.6) is 0 Å². The van der Waals surface area contributed by atoms with Crippen LogP contribution in [0.25, 0.3) is 5.78 Å². The Labute approximate surface area is 148 Å². The van der Waals surface area contributed by atoms with Crippen LogP contribution < -0.4 is 5.32 Å². The van der Waals surface area contributed by atoms with Crippen molar-refractivity contribution in [2.45, 2.75) is 11.0 Å². The summed E-state index contributed by atoms with van der Waals surface area (Å²) < 4.78 is 2.19. The fraction of sp³-hybridized carbons (Fsp3) is 0.235. The van der Waals surface area contributed by atoms with Gasteiger partial charge in [-0.15, -0.1) is 23.5 Å². The van der Waals surface area contributed by atoms with Gasteiger partial charge in [-0.3, -0.25) is 9.20 Å². The van der Waals surface area contributed by atoms with E-state index in [1.807, 2.05) is 41.9 Å². The molecular formula is C17H16N4OS2. The number of carbonyl (C=O) groups is 1. The summed E-state index contributed by atoms with van der Waals surface area (Å²) in [6, 6.07) is 9.89. The molecule has 1 aliphatic rings. The van der Waals surface area contributed by atoms with Crippen molar-refractivity contribution >= 4 is 40.9 Å². The van der Waals surface area contributed by atoms with Crippen molar-refractivity contribution in [3.8, 4) is 0 Å². The molecule has 3 heterocycles. The summed E-state index contributed by atoms with van der Waals surface area (Å²) in [5.74, 6) is 2.69. The number of aromatic nitrogens is 3. The molecule has 0 spiro atoms. The number of imidazole rings is 1. The summed E-state index contributed by atoms with van der Waals surface area (Å²) in [4.78, 5) is 20.8. The summed E-state index contributed by atoms with van der Waals surface area (Å²) in [5.41, 5.74) is 2.41. The van der Waals surface area contributed by atoms with Crippen LogP contribution in [0.3, 0.4) is 0 Å². The lowest BCUT2D eigenvalue weighted by atomic mass is 10.2. The number of nitrogens with zero attached hydrogens (tertiary/aromatic N) is 3. The minimum atomic E-state index is -0.221. The first-order chi connectivity index (χ1) is 11.8. The lowest BCUT2D eigenvalue weighted by Crippen LogP contribution is -2.12. The lowest BCUT2D eigenvalue weighted by Gasteiger charge is -2.21. The summed E-state index contributed by atoms with van der Waals surface area (Å²) in [5, 5.41) is 2.94. The van der Waals surface area contributed by atoms with E-state index in [1.165, 1.54) is 23.5 Å². The SMILES string of the molecule is O=C(Nc1cccc(C2SCCCS2)c1)c1cn2cccnc2n1. The highest BCUT2D eigenvalue weighted by atomic mass is 32.2. The Morgan fingerprint density at radius 1 is 1.25 bits per heavy atom. The first kappa shape index (κ1) is 15.5. The maximum Gasteiger partial charge on any atom is 0.275 e. The van der Waals surface area contributed by atoms with Gasteiger partial charge in [0.2, 0.25) is 5.78 Å². The van der Waals surface area contributed by atoms with Crippen LogP contribution in [0.15, 0.2) is 48.9 Å². The zero-order chi connectivity index (χ0) is 16.4. The highest BCUT2D eigenvalue weighted by molar-refractivity contribution is 8.16. The molecule has 1 aliphatic heterocycles. The number of rotatable bonds is 3. The Morgan fingerprint density at radius 3 is 2.96 bits per heavy atom. The van der Waals surface area contributed by atoms with Crippen molar-refractivity contribution in [2.75, 3.05) is 16.8 Å². The minimum Gasteiger partial charge on any atom is -0.321 e. The van der Waals surface area contributed by atoms with E-state index in [4.69, 9.17) is 0 Å². The molecular weight excluding hydrogens is 340 g/mol. The third kappa shape index (κ3) is 3.27. The number of nitrogens with one attached hydrogen (secondary N) is 1. The van der Waals surface area contributed by atoms with Gasteiger partial charge in [-0.1, -0.05) is 12.1 Å². The van der Waals surface area contributed by atoms with E-state index in [0.717, 1.165) is 5.69 Å². The van der Waals surface area contributed by atoms with E-state index in [1.54, 1.807) is 22.9 Å². The van der Waals surface area contributed by atoms with Gasteiger partial charge in [-0.05, 0) is 41.7 Å². The van der Waals surface area contributed by atoms with Crippen LogP contribution in [0.2, 0.25) is 0 Å². The van der Waals surface area contributed by atoms with Crippen molar-refractivity contribution in [1.29, 1.82) is 0 Å². The predicted octanol–water partition coefficient (Wildman–Crippen LogP) is 3.85. The number of amides is 1. The average molecular weight is 356 g/mol. The summed E-state index contributed by atoms with van der Waals surface area (Å²) in [7, 11) is 0. The molecule has 1 saturated heterocycles. The fourth-order valence-electron chi connectivity index (χ4n) is 2.58. The molecule has 0 atom stereocenters. The average Bonchev–Trinajstić information content (AvgIpc) is 3.07. The quantitative estimate of drug-likeness (QED) is 0.772. The molecule has 122 valence electrons. The maximum absolute atomic E-state index is 12.4. The van der Waals surface area contributed by atoms with Crippen molar-refractivity contribution in [1.82, 2.24) is 14.4 Å². The number of anilines is 1. The zero-order valence-corrected chi connectivity index (χ0v) is 14.5. The van der Waals surface area contributed by atoms with Crippen LogP contribution in [-0.2, 0) is 0 Å².